The van der Waals surface area contributed by atoms with Gasteiger partial charge in [-0.3, -0.25) is 0 Å². The average Bonchev–Trinajstić information content (AvgIpc) is 2.42. The second kappa shape index (κ2) is 4.44. The van der Waals surface area contributed by atoms with Crippen LogP contribution in [0.15, 0.2) is 12.1 Å². The summed E-state index contributed by atoms with van der Waals surface area (Å²) < 4.78 is 11.4. The summed E-state index contributed by atoms with van der Waals surface area (Å²) in [5, 5.41) is 8.69. The highest BCUT2D eigenvalue weighted by Crippen LogP contribution is 2.34. The molecule has 0 aliphatic carbocycles. The van der Waals surface area contributed by atoms with Gasteiger partial charge >= 0.3 is 0 Å². The Hall–Kier alpha value is -1.69. The number of rotatable bonds is 1. The fraction of sp³-hybridized carbons (Fsp3) is 0.462. The van der Waals surface area contributed by atoms with Gasteiger partial charge in [-0.2, -0.15) is 5.26 Å². The number of benzene rings is 1. The van der Waals surface area contributed by atoms with Gasteiger partial charge in [-0.25, -0.2) is 0 Å². The lowest BCUT2D eigenvalue weighted by molar-refractivity contribution is 0.196. The highest BCUT2D eigenvalue weighted by molar-refractivity contribution is 5.47. The predicted molar refractivity (Wildman–Crippen MR) is 60.7 cm³/mol. The predicted octanol–water partition coefficient (Wildman–Crippen LogP) is 2.75. The highest BCUT2D eigenvalue weighted by Gasteiger charge is 2.19. The summed E-state index contributed by atoms with van der Waals surface area (Å²) in [6.07, 6.45) is 1.13. The lowest BCUT2D eigenvalue weighted by atomic mass is 10.1. The molecule has 3 nitrogen and oxygen atoms in total. The summed E-state index contributed by atoms with van der Waals surface area (Å²) in [5.41, 5.74) is 2.38. The lowest BCUT2D eigenvalue weighted by Crippen LogP contribution is -2.16. The number of fused-ring (bicyclic) bond motifs is 1. The van der Waals surface area contributed by atoms with Gasteiger partial charge in [0.25, 0.3) is 0 Å². The van der Waals surface area contributed by atoms with Crippen LogP contribution in [0.25, 0.3) is 0 Å². The normalized spacial score (nSPS) is 18.7. The molecule has 16 heavy (non-hydrogen) atoms. The Morgan fingerprint density at radius 1 is 1.31 bits per heavy atom. The maximum atomic E-state index is 8.69. The minimum Gasteiger partial charge on any atom is -0.490 e. The molecule has 0 aromatic heterocycles. The van der Waals surface area contributed by atoms with E-state index in [0.717, 1.165) is 17.9 Å². The van der Waals surface area contributed by atoms with E-state index in [2.05, 4.69) is 13.0 Å². The fourth-order valence-corrected chi connectivity index (χ4v) is 1.75. The first-order chi connectivity index (χ1) is 7.70. The molecule has 0 bridgehead atoms. The Bertz CT molecular complexity index is 434. The summed E-state index contributed by atoms with van der Waals surface area (Å²) in [5.74, 6) is 1.56. The van der Waals surface area contributed by atoms with Crippen molar-refractivity contribution in [3.63, 3.8) is 0 Å². The Morgan fingerprint density at radius 2 is 2.00 bits per heavy atom. The highest BCUT2D eigenvalue weighted by atomic mass is 16.5. The zero-order chi connectivity index (χ0) is 11.5. The fourth-order valence-electron chi connectivity index (χ4n) is 1.75. The van der Waals surface area contributed by atoms with Gasteiger partial charge in [0, 0.05) is 6.42 Å². The standard InChI is InChI=1S/C13H15NO2/c1-9-7-12-13(8-10(9)2)16-11(3-5-14)4-6-15-12/h7-8,11H,3-4,6H2,1-2H3. The molecular weight excluding hydrogens is 202 g/mol. The van der Waals surface area contributed by atoms with E-state index in [4.69, 9.17) is 14.7 Å². The first-order valence-electron chi connectivity index (χ1n) is 5.48. The third-order valence-electron chi connectivity index (χ3n) is 2.87. The molecule has 0 N–H and O–H groups in total. The number of aryl methyl sites for hydroxylation is 2. The molecule has 1 atom stereocenters. The molecule has 2 rings (SSSR count). The van der Waals surface area contributed by atoms with E-state index in [1.54, 1.807) is 0 Å². The van der Waals surface area contributed by atoms with E-state index in [9.17, 15) is 0 Å². The van der Waals surface area contributed by atoms with Crippen LogP contribution in [0.1, 0.15) is 24.0 Å². The van der Waals surface area contributed by atoms with Crippen LogP contribution in [0.4, 0.5) is 0 Å². The van der Waals surface area contributed by atoms with Crippen molar-refractivity contribution in [3.05, 3.63) is 23.3 Å². The monoisotopic (exact) mass is 217 g/mol. The first-order valence-corrected chi connectivity index (χ1v) is 5.48. The maximum absolute atomic E-state index is 8.69. The molecule has 1 aromatic rings. The largest absolute Gasteiger partial charge is 0.490 e. The minimum absolute atomic E-state index is 0.0478. The van der Waals surface area contributed by atoms with Crippen LogP contribution >= 0.6 is 0 Å². The molecule has 0 saturated heterocycles. The summed E-state index contributed by atoms with van der Waals surface area (Å²) in [6.45, 7) is 4.71. The van der Waals surface area contributed by atoms with Crippen molar-refractivity contribution in [2.45, 2.75) is 32.8 Å². The van der Waals surface area contributed by atoms with E-state index < -0.39 is 0 Å². The quantitative estimate of drug-likeness (QED) is 0.726. The molecule has 0 fully saturated rings. The summed E-state index contributed by atoms with van der Waals surface area (Å²) in [4.78, 5) is 0. The van der Waals surface area contributed by atoms with Gasteiger partial charge < -0.3 is 9.47 Å². The van der Waals surface area contributed by atoms with Crippen molar-refractivity contribution in [2.75, 3.05) is 6.61 Å². The zero-order valence-electron chi connectivity index (χ0n) is 9.62. The molecule has 0 saturated carbocycles. The lowest BCUT2D eigenvalue weighted by Gasteiger charge is -2.14. The number of hydrogen-bond donors (Lipinski definition) is 0. The van der Waals surface area contributed by atoms with Crippen molar-refractivity contribution < 1.29 is 9.47 Å². The van der Waals surface area contributed by atoms with E-state index in [1.165, 1.54) is 11.1 Å². The van der Waals surface area contributed by atoms with Crippen molar-refractivity contribution in [3.8, 4) is 17.6 Å². The molecule has 84 valence electrons. The maximum Gasteiger partial charge on any atom is 0.161 e. The van der Waals surface area contributed by atoms with E-state index in [0.29, 0.717) is 13.0 Å². The minimum atomic E-state index is -0.0478. The number of hydrogen-bond acceptors (Lipinski definition) is 3. The molecule has 1 heterocycles. The molecule has 1 aliphatic heterocycles. The zero-order valence-corrected chi connectivity index (χ0v) is 9.62. The van der Waals surface area contributed by atoms with Gasteiger partial charge in [-0.1, -0.05) is 0 Å². The Balaban J connectivity index is 2.30. The van der Waals surface area contributed by atoms with Gasteiger partial charge in [-0.05, 0) is 37.1 Å². The van der Waals surface area contributed by atoms with Gasteiger partial charge in [-0.15, -0.1) is 0 Å². The third-order valence-corrected chi connectivity index (χ3v) is 2.87. The molecule has 3 heteroatoms. The molecule has 1 unspecified atom stereocenters. The average molecular weight is 217 g/mol. The molecule has 0 amide bonds. The van der Waals surface area contributed by atoms with Crippen molar-refractivity contribution in [1.82, 2.24) is 0 Å². The topological polar surface area (TPSA) is 42.2 Å². The summed E-state index contributed by atoms with van der Waals surface area (Å²) in [7, 11) is 0. The van der Waals surface area contributed by atoms with Crippen LogP contribution in [0.3, 0.4) is 0 Å². The van der Waals surface area contributed by atoms with Crippen LogP contribution < -0.4 is 9.47 Å². The SMILES string of the molecule is Cc1cc2c(cc1C)OC(CC#N)CCO2. The van der Waals surface area contributed by atoms with E-state index in [-0.39, 0.29) is 6.10 Å². The number of ether oxygens (including phenoxy) is 2. The van der Waals surface area contributed by atoms with Gasteiger partial charge in [0.1, 0.15) is 6.10 Å². The van der Waals surface area contributed by atoms with Gasteiger partial charge in [0.15, 0.2) is 11.5 Å². The molecule has 1 aliphatic rings. The first kappa shape index (κ1) is 10.8. The smallest absolute Gasteiger partial charge is 0.161 e. The Kier molecular flexibility index (Phi) is 3.00. The Morgan fingerprint density at radius 3 is 2.69 bits per heavy atom. The van der Waals surface area contributed by atoms with Crippen LogP contribution in [-0.2, 0) is 0 Å². The summed E-state index contributed by atoms with van der Waals surface area (Å²) >= 11 is 0. The van der Waals surface area contributed by atoms with Gasteiger partial charge in [0.05, 0.1) is 19.1 Å². The van der Waals surface area contributed by atoms with Crippen molar-refractivity contribution in [1.29, 1.82) is 5.26 Å². The molecule has 0 spiro atoms. The van der Waals surface area contributed by atoms with E-state index >= 15 is 0 Å². The van der Waals surface area contributed by atoms with Crippen LogP contribution in [0.2, 0.25) is 0 Å². The summed E-state index contributed by atoms with van der Waals surface area (Å²) in [6, 6.07) is 6.13. The number of nitrogens with zero attached hydrogens (tertiary/aromatic N) is 1. The molecular formula is C13H15NO2. The third kappa shape index (κ3) is 2.11. The van der Waals surface area contributed by atoms with Crippen LogP contribution in [0.5, 0.6) is 11.5 Å². The van der Waals surface area contributed by atoms with E-state index in [1.807, 2.05) is 19.1 Å². The molecule has 0 radical (unpaired) electrons. The number of nitriles is 1. The van der Waals surface area contributed by atoms with Gasteiger partial charge in [0.2, 0.25) is 0 Å². The molecule has 1 aromatic carbocycles. The van der Waals surface area contributed by atoms with Crippen LogP contribution in [-0.4, -0.2) is 12.7 Å². The van der Waals surface area contributed by atoms with Crippen LogP contribution in [0, 0.1) is 25.2 Å². The second-order valence-corrected chi connectivity index (χ2v) is 4.12. The Labute approximate surface area is 95.6 Å². The van der Waals surface area contributed by atoms with Crippen molar-refractivity contribution >= 4 is 0 Å². The second-order valence-electron chi connectivity index (χ2n) is 4.12. The van der Waals surface area contributed by atoms with Crippen molar-refractivity contribution in [2.24, 2.45) is 0 Å².